The minimum atomic E-state index is -3.67. The summed E-state index contributed by atoms with van der Waals surface area (Å²) in [6.07, 6.45) is 2.26. The summed E-state index contributed by atoms with van der Waals surface area (Å²) in [4.78, 5) is 15.4. The predicted molar refractivity (Wildman–Crippen MR) is 109 cm³/mol. The van der Waals surface area contributed by atoms with Gasteiger partial charge >= 0.3 is 0 Å². The number of ether oxygens (including phenoxy) is 2. The maximum Gasteiger partial charge on any atom is 0.253 e. The van der Waals surface area contributed by atoms with Gasteiger partial charge in [0.2, 0.25) is 10.0 Å². The second-order valence-corrected chi connectivity index (χ2v) is 9.83. The second-order valence-electron chi connectivity index (χ2n) is 7.89. The van der Waals surface area contributed by atoms with Crippen molar-refractivity contribution in [3.8, 4) is 0 Å². The van der Waals surface area contributed by atoms with Crippen LogP contribution in [-0.4, -0.2) is 77.3 Å². The van der Waals surface area contributed by atoms with Gasteiger partial charge in [0.05, 0.1) is 36.9 Å². The Balaban J connectivity index is 1.65. The van der Waals surface area contributed by atoms with Gasteiger partial charge in [0.15, 0.2) is 0 Å². The molecule has 4 rings (SSSR count). The number of anilines is 1. The van der Waals surface area contributed by atoms with Crippen molar-refractivity contribution in [2.45, 2.75) is 30.7 Å². The predicted octanol–water partition coefficient (Wildman–Crippen LogP) is 1.07. The van der Waals surface area contributed by atoms with Gasteiger partial charge in [0, 0.05) is 37.9 Å². The van der Waals surface area contributed by atoms with Gasteiger partial charge in [-0.15, -0.1) is 0 Å². The molecular formula is C20H29N3O5S. The van der Waals surface area contributed by atoms with E-state index in [1.807, 2.05) is 6.92 Å². The van der Waals surface area contributed by atoms with Crippen molar-refractivity contribution in [1.29, 1.82) is 0 Å². The van der Waals surface area contributed by atoms with Crippen LogP contribution in [0.1, 0.15) is 30.1 Å². The third kappa shape index (κ3) is 4.58. The molecule has 0 spiro atoms. The molecule has 2 heterocycles. The molecule has 8 nitrogen and oxygen atoms in total. The van der Waals surface area contributed by atoms with Gasteiger partial charge < -0.3 is 19.7 Å². The zero-order valence-electron chi connectivity index (χ0n) is 16.8. The third-order valence-corrected chi connectivity index (χ3v) is 7.75. The van der Waals surface area contributed by atoms with Gasteiger partial charge in [0.25, 0.3) is 5.91 Å². The molecule has 29 heavy (non-hydrogen) atoms. The average Bonchev–Trinajstić information content (AvgIpc) is 3.60. The number of sulfonamides is 1. The molecule has 0 radical (unpaired) electrons. The molecule has 1 aromatic rings. The maximum atomic E-state index is 13.1. The quantitative estimate of drug-likeness (QED) is 0.737. The molecule has 160 valence electrons. The molecule has 0 aromatic heterocycles. The van der Waals surface area contributed by atoms with Crippen molar-refractivity contribution in [3.05, 3.63) is 23.8 Å². The van der Waals surface area contributed by atoms with Crippen LogP contribution < -0.4 is 10.2 Å². The maximum absolute atomic E-state index is 13.1. The fourth-order valence-corrected chi connectivity index (χ4v) is 5.31. The number of hydrogen-bond acceptors (Lipinski definition) is 6. The Morgan fingerprint density at radius 2 is 1.69 bits per heavy atom. The van der Waals surface area contributed by atoms with Gasteiger partial charge in [-0.25, -0.2) is 8.42 Å². The largest absolute Gasteiger partial charge is 0.379 e. The van der Waals surface area contributed by atoms with Gasteiger partial charge in [-0.3, -0.25) is 4.79 Å². The molecule has 9 heteroatoms. The zero-order chi connectivity index (χ0) is 20.4. The lowest BCUT2D eigenvalue weighted by Crippen LogP contribution is -2.41. The number of carbonyl (C=O) groups is 1. The summed E-state index contributed by atoms with van der Waals surface area (Å²) in [5.74, 6) is 0.302. The second kappa shape index (κ2) is 8.59. The summed E-state index contributed by atoms with van der Waals surface area (Å²) >= 11 is 0. The molecular weight excluding hydrogens is 394 g/mol. The van der Waals surface area contributed by atoms with E-state index in [4.69, 9.17) is 9.47 Å². The molecule has 3 aliphatic rings. The Bertz CT molecular complexity index is 844. The molecule has 1 aromatic carbocycles. The fraction of sp³-hybridized carbons (Fsp3) is 0.650. The van der Waals surface area contributed by atoms with Crippen LogP contribution >= 0.6 is 0 Å². The van der Waals surface area contributed by atoms with Crippen molar-refractivity contribution in [1.82, 2.24) is 9.62 Å². The Morgan fingerprint density at radius 1 is 1.07 bits per heavy atom. The van der Waals surface area contributed by atoms with Crippen molar-refractivity contribution >= 4 is 21.6 Å². The monoisotopic (exact) mass is 423 g/mol. The third-order valence-electron chi connectivity index (χ3n) is 5.86. The number of rotatable bonds is 6. The van der Waals surface area contributed by atoms with Crippen molar-refractivity contribution in [2.75, 3.05) is 57.5 Å². The van der Waals surface area contributed by atoms with Gasteiger partial charge in [-0.05, 0) is 43.9 Å². The molecule has 1 unspecified atom stereocenters. The fourth-order valence-electron chi connectivity index (χ4n) is 3.87. The van der Waals surface area contributed by atoms with E-state index in [2.05, 4.69) is 10.2 Å². The first kappa shape index (κ1) is 20.6. The van der Waals surface area contributed by atoms with Crippen LogP contribution in [0.25, 0.3) is 0 Å². The Morgan fingerprint density at radius 3 is 2.31 bits per heavy atom. The molecule has 0 bridgehead atoms. The van der Waals surface area contributed by atoms with Crippen LogP contribution in [0.5, 0.6) is 0 Å². The lowest BCUT2D eigenvalue weighted by molar-refractivity contribution is 0.0730. The van der Waals surface area contributed by atoms with Gasteiger partial charge in [-0.2, -0.15) is 4.31 Å². The van der Waals surface area contributed by atoms with Crippen molar-refractivity contribution in [2.24, 2.45) is 5.92 Å². The van der Waals surface area contributed by atoms with E-state index in [9.17, 15) is 13.2 Å². The topological polar surface area (TPSA) is 88.2 Å². The number of hydrogen-bond donors (Lipinski definition) is 1. The van der Waals surface area contributed by atoms with E-state index in [1.54, 1.807) is 12.1 Å². The lowest BCUT2D eigenvalue weighted by Gasteiger charge is -2.31. The van der Waals surface area contributed by atoms with E-state index in [0.717, 1.165) is 18.5 Å². The molecule has 1 saturated carbocycles. The van der Waals surface area contributed by atoms with E-state index < -0.39 is 10.0 Å². The number of nitrogens with zero attached hydrogens (tertiary/aromatic N) is 2. The van der Waals surface area contributed by atoms with E-state index >= 15 is 0 Å². The van der Waals surface area contributed by atoms with Gasteiger partial charge in [-0.1, -0.05) is 0 Å². The van der Waals surface area contributed by atoms with Crippen LogP contribution in [0.3, 0.4) is 0 Å². The molecule has 1 amide bonds. The Labute approximate surface area is 172 Å². The summed E-state index contributed by atoms with van der Waals surface area (Å²) in [6.45, 7) is 5.97. The highest BCUT2D eigenvalue weighted by molar-refractivity contribution is 7.89. The zero-order valence-corrected chi connectivity index (χ0v) is 17.6. The highest BCUT2D eigenvalue weighted by Gasteiger charge is 2.32. The SMILES string of the molecule is CC(NC(=O)c1cc(S(=O)(=O)N2CCOCC2)ccc1N1CCOCC1)C1CC1. The lowest BCUT2D eigenvalue weighted by atomic mass is 10.1. The van der Waals surface area contributed by atoms with E-state index in [1.165, 1.54) is 10.4 Å². The summed E-state index contributed by atoms with van der Waals surface area (Å²) in [6, 6.07) is 4.98. The summed E-state index contributed by atoms with van der Waals surface area (Å²) in [7, 11) is -3.67. The number of morpholine rings is 2. The van der Waals surface area contributed by atoms with Crippen molar-refractivity contribution in [3.63, 3.8) is 0 Å². The molecule has 2 saturated heterocycles. The van der Waals surface area contributed by atoms with Crippen LogP contribution in [-0.2, 0) is 19.5 Å². The van der Waals surface area contributed by atoms with Gasteiger partial charge in [0.1, 0.15) is 0 Å². The first-order chi connectivity index (χ1) is 14.0. The summed E-state index contributed by atoms with van der Waals surface area (Å²) in [5, 5.41) is 3.07. The molecule has 3 fully saturated rings. The molecule has 1 aliphatic carbocycles. The van der Waals surface area contributed by atoms with Crippen LogP contribution in [0.4, 0.5) is 5.69 Å². The molecule has 1 atom stereocenters. The minimum absolute atomic E-state index is 0.0829. The minimum Gasteiger partial charge on any atom is -0.379 e. The normalized spacial score (nSPS) is 22.3. The Kier molecular flexibility index (Phi) is 6.10. The van der Waals surface area contributed by atoms with Crippen LogP contribution in [0.2, 0.25) is 0 Å². The number of nitrogens with one attached hydrogen (secondary N) is 1. The standard InChI is InChI=1S/C20H29N3O5S/c1-15(16-2-3-16)21-20(24)18-14-17(29(25,26)23-8-12-28-13-9-23)4-5-19(18)22-6-10-27-11-7-22/h4-5,14-16H,2-3,6-13H2,1H3,(H,21,24). The van der Waals surface area contributed by atoms with Crippen LogP contribution in [0.15, 0.2) is 23.1 Å². The average molecular weight is 424 g/mol. The number of benzene rings is 1. The number of carbonyl (C=O) groups excluding carboxylic acids is 1. The highest BCUT2D eigenvalue weighted by atomic mass is 32.2. The molecule has 1 N–H and O–H groups in total. The summed E-state index contributed by atoms with van der Waals surface area (Å²) < 4.78 is 38.3. The first-order valence-electron chi connectivity index (χ1n) is 10.3. The van der Waals surface area contributed by atoms with Crippen LogP contribution in [0, 0.1) is 5.92 Å². The molecule has 2 aliphatic heterocycles. The van der Waals surface area contributed by atoms with E-state index in [0.29, 0.717) is 64.1 Å². The highest BCUT2D eigenvalue weighted by Crippen LogP contribution is 2.33. The smallest absolute Gasteiger partial charge is 0.253 e. The summed E-state index contributed by atoms with van der Waals surface area (Å²) in [5.41, 5.74) is 1.17. The van der Waals surface area contributed by atoms with E-state index in [-0.39, 0.29) is 16.8 Å². The first-order valence-corrected chi connectivity index (χ1v) is 11.8. The number of amides is 1. The Hall–Kier alpha value is -1.68. The van der Waals surface area contributed by atoms with Crippen molar-refractivity contribution < 1.29 is 22.7 Å².